The third-order valence-corrected chi connectivity index (χ3v) is 3.30. The highest BCUT2D eigenvalue weighted by Crippen LogP contribution is 2.16. The molecule has 0 saturated carbocycles. The van der Waals surface area contributed by atoms with Crippen LogP contribution in [0.3, 0.4) is 0 Å². The molecule has 1 amide bonds. The zero-order valence-corrected chi connectivity index (χ0v) is 12.3. The second-order valence-electron chi connectivity index (χ2n) is 4.10. The van der Waals surface area contributed by atoms with Crippen molar-refractivity contribution in [3.8, 4) is 0 Å². The van der Waals surface area contributed by atoms with Gasteiger partial charge in [-0.2, -0.15) is 0 Å². The maximum Gasteiger partial charge on any atom is 0.267 e. The molecule has 2 aromatic rings. The molecule has 0 fully saturated rings. The molecule has 0 aromatic heterocycles. The van der Waals surface area contributed by atoms with E-state index in [2.05, 4.69) is 21.4 Å². The highest BCUT2D eigenvalue weighted by molar-refractivity contribution is 9.10. The van der Waals surface area contributed by atoms with Crippen molar-refractivity contribution in [3.63, 3.8) is 0 Å². The molecule has 4 heteroatoms. The van der Waals surface area contributed by atoms with Gasteiger partial charge in [0.15, 0.2) is 0 Å². The van der Waals surface area contributed by atoms with E-state index in [-0.39, 0.29) is 5.91 Å². The molecule has 0 aliphatic heterocycles. The van der Waals surface area contributed by atoms with Crippen molar-refractivity contribution in [3.05, 3.63) is 76.3 Å². The van der Waals surface area contributed by atoms with Gasteiger partial charge in [0.25, 0.3) is 5.91 Å². The van der Waals surface area contributed by atoms with Gasteiger partial charge in [0.05, 0.1) is 6.61 Å². The predicted octanol–water partition coefficient (Wildman–Crippen LogP) is 3.71. The molecule has 0 aliphatic carbocycles. The highest BCUT2D eigenvalue weighted by atomic mass is 79.9. The number of carbonyl (C=O) groups is 1. The molecule has 2 aromatic carbocycles. The number of halogens is 1. The zero-order chi connectivity index (χ0) is 14.2. The monoisotopic (exact) mass is 331 g/mol. The van der Waals surface area contributed by atoms with E-state index >= 15 is 0 Å². The predicted molar refractivity (Wildman–Crippen MR) is 82.5 cm³/mol. The van der Waals surface area contributed by atoms with Gasteiger partial charge in [-0.3, -0.25) is 9.63 Å². The van der Waals surface area contributed by atoms with Crippen molar-refractivity contribution in [1.29, 1.82) is 0 Å². The molecule has 1 N–H and O–H groups in total. The average molecular weight is 332 g/mol. The zero-order valence-electron chi connectivity index (χ0n) is 10.8. The maximum atomic E-state index is 11.6. The summed E-state index contributed by atoms with van der Waals surface area (Å²) < 4.78 is 0.939. The lowest BCUT2D eigenvalue weighted by Crippen LogP contribution is -2.21. The van der Waals surface area contributed by atoms with Gasteiger partial charge < -0.3 is 0 Å². The molecule has 0 bridgehead atoms. The number of nitrogens with one attached hydrogen (secondary N) is 1. The summed E-state index contributed by atoms with van der Waals surface area (Å²) in [4.78, 5) is 16.7. The minimum Gasteiger partial charge on any atom is -0.269 e. The number of amides is 1. The van der Waals surface area contributed by atoms with Crippen molar-refractivity contribution < 1.29 is 9.63 Å². The summed E-state index contributed by atoms with van der Waals surface area (Å²) in [6.45, 7) is 0.343. The summed E-state index contributed by atoms with van der Waals surface area (Å²) >= 11 is 3.42. The lowest BCUT2D eigenvalue weighted by molar-refractivity contribution is -0.129. The topological polar surface area (TPSA) is 38.3 Å². The van der Waals surface area contributed by atoms with Crippen LogP contribution in [0.15, 0.2) is 65.1 Å². The van der Waals surface area contributed by atoms with Gasteiger partial charge in [-0.25, -0.2) is 5.48 Å². The van der Waals surface area contributed by atoms with Gasteiger partial charge in [0, 0.05) is 10.5 Å². The van der Waals surface area contributed by atoms with Crippen LogP contribution in [0.4, 0.5) is 0 Å². The standard InChI is InChI=1S/C16H14BrNO2/c17-15-9-5-4-8-14(15)10-11-16(19)18-20-12-13-6-2-1-3-7-13/h1-11H,12H2,(H,18,19). The molecule has 0 atom stereocenters. The largest absolute Gasteiger partial charge is 0.269 e. The van der Waals surface area contributed by atoms with E-state index in [4.69, 9.17) is 4.84 Å². The molecule has 0 aliphatic rings. The second kappa shape index (κ2) is 7.62. The molecular formula is C16H14BrNO2. The number of hydrogen-bond donors (Lipinski definition) is 1. The summed E-state index contributed by atoms with van der Waals surface area (Å²) in [7, 11) is 0. The first kappa shape index (κ1) is 14.5. The summed E-state index contributed by atoms with van der Waals surface area (Å²) in [6, 6.07) is 17.3. The summed E-state index contributed by atoms with van der Waals surface area (Å²) in [5.41, 5.74) is 4.32. The van der Waals surface area contributed by atoms with Crippen molar-refractivity contribution in [2.24, 2.45) is 0 Å². The van der Waals surface area contributed by atoms with E-state index in [0.29, 0.717) is 6.61 Å². The van der Waals surface area contributed by atoms with Gasteiger partial charge in [-0.1, -0.05) is 64.5 Å². The number of carbonyl (C=O) groups excluding carboxylic acids is 1. The van der Waals surface area contributed by atoms with Crippen molar-refractivity contribution in [2.45, 2.75) is 6.61 Å². The van der Waals surface area contributed by atoms with Gasteiger partial charge in [0.1, 0.15) is 0 Å². The smallest absolute Gasteiger partial charge is 0.267 e. The van der Waals surface area contributed by atoms with Crippen molar-refractivity contribution in [2.75, 3.05) is 0 Å². The SMILES string of the molecule is O=C(C=Cc1ccccc1Br)NOCc1ccccc1. The number of benzene rings is 2. The van der Waals surface area contributed by atoms with Crippen LogP contribution in [-0.2, 0) is 16.2 Å². The van der Waals surface area contributed by atoms with E-state index in [9.17, 15) is 4.79 Å². The van der Waals surface area contributed by atoms with Crippen LogP contribution < -0.4 is 5.48 Å². The van der Waals surface area contributed by atoms with E-state index in [1.807, 2.05) is 54.6 Å². The van der Waals surface area contributed by atoms with Crippen LogP contribution in [0.2, 0.25) is 0 Å². The van der Waals surface area contributed by atoms with Gasteiger partial charge >= 0.3 is 0 Å². The Morgan fingerprint density at radius 3 is 2.55 bits per heavy atom. The Kier molecular flexibility index (Phi) is 5.53. The quantitative estimate of drug-likeness (QED) is 0.670. The lowest BCUT2D eigenvalue weighted by atomic mass is 10.2. The minimum atomic E-state index is -0.295. The first-order valence-corrected chi connectivity index (χ1v) is 6.93. The Morgan fingerprint density at radius 2 is 1.80 bits per heavy atom. The van der Waals surface area contributed by atoms with Crippen LogP contribution in [0.25, 0.3) is 6.08 Å². The first-order chi connectivity index (χ1) is 9.75. The van der Waals surface area contributed by atoms with E-state index < -0.39 is 0 Å². The summed E-state index contributed by atoms with van der Waals surface area (Å²) in [5.74, 6) is -0.295. The van der Waals surface area contributed by atoms with E-state index in [1.165, 1.54) is 6.08 Å². The van der Waals surface area contributed by atoms with E-state index in [1.54, 1.807) is 6.08 Å². The Balaban J connectivity index is 1.80. The first-order valence-electron chi connectivity index (χ1n) is 6.14. The minimum absolute atomic E-state index is 0.295. The second-order valence-corrected chi connectivity index (χ2v) is 4.95. The molecule has 0 radical (unpaired) electrons. The van der Waals surface area contributed by atoms with E-state index in [0.717, 1.165) is 15.6 Å². The van der Waals surface area contributed by atoms with Crippen LogP contribution in [0.1, 0.15) is 11.1 Å². The Bertz CT molecular complexity index is 596. The summed E-state index contributed by atoms with van der Waals surface area (Å²) in [6.07, 6.45) is 3.16. The van der Waals surface area contributed by atoms with Crippen LogP contribution in [0.5, 0.6) is 0 Å². The Hall–Kier alpha value is -1.91. The molecule has 0 spiro atoms. The normalized spacial score (nSPS) is 10.7. The van der Waals surface area contributed by atoms with Crippen LogP contribution in [-0.4, -0.2) is 5.91 Å². The fourth-order valence-electron chi connectivity index (χ4n) is 1.57. The molecule has 20 heavy (non-hydrogen) atoms. The third kappa shape index (κ3) is 4.64. The maximum absolute atomic E-state index is 11.6. The van der Waals surface area contributed by atoms with Gasteiger partial charge in [-0.15, -0.1) is 0 Å². The molecule has 2 rings (SSSR count). The van der Waals surface area contributed by atoms with Gasteiger partial charge in [-0.05, 0) is 23.3 Å². The number of hydroxylamine groups is 1. The number of hydrogen-bond acceptors (Lipinski definition) is 2. The molecule has 0 unspecified atom stereocenters. The van der Waals surface area contributed by atoms with Crippen LogP contribution >= 0.6 is 15.9 Å². The molecule has 3 nitrogen and oxygen atoms in total. The highest BCUT2D eigenvalue weighted by Gasteiger charge is 1.98. The molecule has 102 valence electrons. The summed E-state index contributed by atoms with van der Waals surface area (Å²) in [5, 5.41) is 0. The average Bonchev–Trinajstić information content (AvgIpc) is 2.47. The molecular weight excluding hydrogens is 318 g/mol. The fourth-order valence-corrected chi connectivity index (χ4v) is 1.99. The van der Waals surface area contributed by atoms with Crippen LogP contribution in [0, 0.1) is 0 Å². The third-order valence-electron chi connectivity index (χ3n) is 2.57. The van der Waals surface area contributed by atoms with Crippen molar-refractivity contribution >= 4 is 27.9 Å². The Morgan fingerprint density at radius 1 is 1.10 bits per heavy atom. The molecule has 0 heterocycles. The number of rotatable bonds is 5. The van der Waals surface area contributed by atoms with Crippen molar-refractivity contribution in [1.82, 2.24) is 5.48 Å². The molecule has 0 saturated heterocycles. The van der Waals surface area contributed by atoms with Gasteiger partial charge in [0.2, 0.25) is 0 Å². The lowest BCUT2D eigenvalue weighted by Gasteiger charge is -2.03. The fraction of sp³-hybridized carbons (Fsp3) is 0.0625. The Labute approximate surface area is 126 Å².